The van der Waals surface area contributed by atoms with E-state index < -0.39 is 86.7 Å². The molecule has 0 amide bonds. The van der Waals surface area contributed by atoms with Gasteiger partial charge in [0.15, 0.2) is 12.6 Å². The standard InChI is InChI=1S/C67H112O14/c1-3-5-7-9-11-13-15-17-19-21-23-25-26-27-28-29-31-33-35-37-39-41-43-45-47-49-51-76-53-56(54-77-66-65(75)63(73)61(71)58(81-66)55-78-67-64(74)62(72)60(70)57(52-68)80-67)79-59(69)50-48-46-44-42-40-38-36-34-32-30-24-22-20-18-16-14-12-10-8-6-4-2/h5,7,11,13,16-19,22-25,27-28,31-34,56-58,60-68,70-75H,3-4,6,8-10,12,14-15,20-21,26,29-30,35-55H2,1-2H3/b7-5-,13-11-,18-16-,19-17-,24-22-,25-23-,28-27-,33-31-,34-32-. The molecule has 2 saturated heterocycles. The Bertz CT molecular complexity index is 1750. The predicted octanol–water partition coefficient (Wildman–Crippen LogP) is 12.3. The third-order valence-corrected chi connectivity index (χ3v) is 14.3. The second-order valence-electron chi connectivity index (χ2n) is 21.5. The predicted molar refractivity (Wildman–Crippen MR) is 325 cm³/mol. The fraction of sp³-hybridized carbons (Fsp3) is 0.716. The van der Waals surface area contributed by atoms with Crippen molar-refractivity contribution in [3.8, 4) is 0 Å². The molecular weight excluding hydrogens is 1030 g/mol. The van der Waals surface area contributed by atoms with Crippen LogP contribution in [0.2, 0.25) is 0 Å². The fourth-order valence-corrected chi connectivity index (χ4v) is 9.24. The number of esters is 1. The number of hydrogen-bond acceptors (Lipinski definition) is 14. The summed E-state index contributed by atoms with van der Waals surface area (Å²) >= 11 is 0. The van der Waals surface area contributed by atoms with E-state index in [-0.39, 0.29) is 19.6 Å². The van der Waals surface area contributed by atoms with Gasteiger partial charge in [-0.25, -0.2) is 0 Å². The van der Waals surface area contributed by atoms with E-state index in [1.165, 1.54) is 57.8 Å². The van der Waals surface area contributed by atoms with Crippen LogP contribution >= 0.6 is 0 Å². The van der Waals surface area contributed by atoms with E-state index in [4.69, 9.17) is 28.4 Å². The topological polar surface area (TPSA) is 214 Å². The summed E-state index contributed by atoms with van der Waals surface area (Å²) in [6.07, 6.45) is 55.7. The maximum Gasteiger partial charge on any atom is 0.306 e. The van der Waals surface area contributed by atoms with E-state index in [0.717, 1.165) is 122 Å². The summed E-state index contributed by atoms with van der Waals surface area (Å²) in [6, 6.07) is 0. The SMILES string of the molecule is CC/C=C\C/C=C\C/C=C\C/C=C\C/C=C\C/C=C\CCCCCCCCCOCC(COC1OC(COC2OC(CO)C(O)C(O)C2O)C(O)C(O)C1O)OC(=O)CCCCCCCC/C=C\C/C=C\C/C=C\CCCCCCC. The average molecular weight is 1140 g/mol. The Kier molecular flexibility index (Phi) is 47.5. The van der Waals surface area contributed by atoms with Crippen LogP contribution in [0.1, 0.15) is 206 Å². The highest BCUT2D eigenvalue weighted by Crippen LogP contribution is 2.27. The summed E-state index contributed by atoms with van der Waals surface area (Å²) in [5.41, 5.74) is 0. The van der Waals surface area contributed by atoms with Gasteiger partial charge in [0.25, 0.3) is 0 Å². The summed E-state index contributed by atoms with van der Waals surface area (Å²) < 4.78 is 34.4. The first kappa shape index (κ1) is 73.8. The summed E-state index contributed by atoms with van der Waals surface area (Å²) in [5, 5.41) is 72.5. The first-order valence-electron chi connectivity index (χ1n) is 31.5. The molecule has 14 heteroatoms. The second-order valence-corrected chi connectivity index (χ2v) is 21.5. The Morgan fingerprint density at radius 3 is 1.26 bits per heavy atom. The van der Waals surface area contributed by atoms with Gasteiger partial charge in [-0.3, -0.25) is 4.79 Å². The van der Waals surface area contributed by atoms with Gasteiger partial charge in [0, 0.05) is 13.0 Å². The normalized spacial score (nSPS) is 24.5. The smallest absolute Gasteiger partial charge is 0.306 e. The summed E-state index contributed by atoms with van der Waals surface area (Å²) in [4.78, 5) is 13.1. The molecule has 0 bridgehead atoms. The van der Waals surface area contributed by atoms with Crippen LogP contribution in [-0.4, -0.2) is 142 Å². The Hall–Kier alpha value is -3.35. The van der Waals surface area contributed by atoms with Crippen LogP contribution in [0, 0.1) is 0 Å². The highest BCUT2D eigenvalue weighted by Gasteiger charge is 2.47. The largest absolute Gasteiger partial charge is 0.457 e. The maximum absolute atomic E-state index is 13.1. The van der Waals surface area contributed by atoms with E-state index in [1.807, 2.05) is 0 Å². The highest BCUT2D eigenvalue weighted by molar-refractivity contribution is 5.69. The molecule has 0 aromatic carbocycles. The molecule has 2 heterocycles. The second kappa shape index (κ2) is 52.2. The van der Waals surface area contributed by atoms with Crippen LogP contribution in [0.25, 0.3) is 0 Å². The lowest BCUT2D eigenvalue weighted by Gasteiger charge is -2.42. The third-order valence-electron chi connectivity index (χ3n) is 14.3. The number of ether oxygens (including phenoxy) is 6. The molecule has 11 atom stereocenters. The van der Waals surface area contributed by atoms with Gasteiger partial charge in [-0.05, 0) is 103 Å². The Morgan fingerprint density at radius 2 is 0.802 bits per heavy atom. The molecule has 2 aliphatic rings. The molecule has 81 heavy (non-hydrogen) atoms. The Morgan fingerprint density at radius 1 is 0.420 bits per heavy atom. The number of allylic oxidation sites excluding steroid dienone is 18. The van der Waals surface area contributed by atoms with E-state index in [2.05, 4.69) is 123 Å². The van der Waals surface area contributed by atoms with Crippen molar-refractivity contribution in [3.05, 3.63) is 109 Å². The van der Waals surface area contributed by atoms with Crippen molar-refractivity contribution < 1.29 is 69.0 Å². The monoisotopic (exact) mass is 1140 g/mol. The molecule has 464 valence electrons. The molecule has 2 rings (SSSR count). The van der Waals surface area contributed by atoms with Crippen molar-refractivity contribution >= 4 is 5.97 Å². The van der Waals surface area contributed by atoms with Crippen molar-refractivity contribution in [2.24, 2.45) is 0 Å². The van der Waals surface area contributed by atoms with E-state index in [1.54, 1.807) is 0 Å². The van der Waals surface area contributed by atoms with E-state index in [9.17, 15) is 40.5 Å². The molecule has 0 spiro atoms. The zero-order chi connectivity index (χ0) is 58.6. The number of aliphatic hydroxyl groups is 7. The minimum atomic E-state index is -1.72. The fourth-order valence-electron chi connectivity index (χ4n) is 9.24. The van der Waals surface area contributed by atoms with Gasteiger partial charge in [0.2, 0.25) is 0 Å². The van der Waals surface area contributed by atoms with Gasteiger partial charge >= 0.3 is 5.97 Å². The lowest BCUT2D eigenvalue weighted by molar-refractivity contribution is -0.332. The molecule has 0 radical (unpaired) electrons. The molecule has 2 aliphatic heterocycles. The van der Waals surface area contributed by atoms with Gasteiger partial charge < -0.3 is 64.2 Å². The number of carbonyl (C=O) groups is 1. The highest BCUT2D eigenvalue weighted by atomic mass is 16.7. The zero-order valence-corrected chi connectivity index (χ0v) is 50.0. The average Bonchev–Trinajstić information content (AvgIpc) is 3.60. The van der Waals surface area contributed by atoms with Gasteiger partial charge in [0.05, 0.1) is 26.4 Å². The number of carbonyl (C=O) groups excluding carboxylic acids is 1. The van der Waals surface area contributed by atoms with Gasteiger partial charge in [-0.15, -0.1) is 0 Å². The summed E-state index contributed by atoms with van der Waals surface area (Å²) in [7, 11) is 0. The first-order chi connectivity index (χ1) is 39.6. The van der Waals surface area contributed by atoms with Crippen molar-refractivity contribution in [2.45, 2.75) is 274 Å². The van der Waals surface area contributed by atoms with E-state index >= 15 is 0 Å². The third kappa shape index (κ3) is 38.3. The van der Waals surface area contributed by atoms with Gasteiger partial charge in [-0.1, -0.05) is 207 Å². The van der Waals surface area contributed by atoms with Crippen LogP contribution in [0.5, 0.6) is 0 Å². The molecule has 2 fully saturated rings. The summed E-state index contributed by atoms with van der Waals surface area (Å²) in [6.45, 7) is 3.51. The van der Waals surface area contributed by atoms with E-state index in [0.29, 0.717) is 13.0 Å². The van der Waals surface area contributed by atoms with Crippen molar-refractivity contribution in [1.82, 2.24) is 0 Å². The molecule has 0 aliphatic carbocycles. The Balaban J connectivity index is 1.71. The quantitative estimate of drug-likeness (QED) is 0.0172. The van der Waals surface area contributed by atoms with Crippen LogP contribution in [-0.2, 0) is 33.2 Å². The minimum Gasteiger partial charge on any atom is -0.457 e. The molecule has 0 aromatic rings. The van der Waals surface area contributed by atoms with Crippen LogP contribution < -0.4 is 0 Å². The van der Waals surface area contributed by atoms with Crippen molar-refractivity contribution in [3.63, 3.8) is 0 Å². The van der Waals surface area contributed by atoms with Crippen LogP contribution in [0.4, 0.5) is 0 Å². The van der Waals surface area contributed by atoms with Crippen LogP contribution in [0.3, 0.4) is 0 Å². The molecular formula is C67H112O14. The van der Waals surface area contributed by atoms with Crippen molar-refractivity contribution in [1.29, 1.82) is 0 Å². The van der Waals surface area contributed by atoms with Crippen molar-refractivity contribution in [2.75, 3.05) is 33.0 Å². The zero-order valence-electron chi connectivity index (χ0n) is 50.0. The lowest BCUT2D eigenvalue weighted by Crippen LogP contribution is -2.61. The molecule has 11 unspecified atom stereocenters. The lowest BCUT2D eigenvalue weighted by atomic mass is 9.98. The molecule has 14 nitrogen and oxygen atoms in total. The number of unbranched alkanes of at least 4 members (excludes halogenated alkanes) is 18. The molecule has 0 aromatic heterocycles. The number of rotatable bonds is 50. The van der Waals surface area contributed by atoms with Crippen LogP contribution in [0.15, 0.2) is 109 Å². The molecule has 7 N–H and O–H groups in total. The summed E-state index contributed by atoms with van der Waals surface area (Å²) in [5.74, 6) is -0.396. The molecule has 0 saturated carbocycles. The van der Waals surface area contributed by atoms with Gasteiger partial charge in [0.1, 0.15) is 54.9 Å². The minimum absolute atomic E-state index is 0.0410. The maximum atomic E-state index is 13.1. The number of hydrogen-bond donors (Lipinski definition) is 7. The van der Waals surface area contributed by atoms with Gasteiger partial charge in [-0.2, -0.15) is 0 Å². The number of aliphatic hydroxyl groups excluding tert-OH is 7. The first-order valence-corrected chi connectivity index (χ1v) is 31.5. The Labute approximate surface area is 489 Å².